The third-order valence-corrected chi connectivity index (χ3v) is 3.47. The maximum absolute atomic E-state index is 13.7. The van der Waals surface area contributed by atoms with Crippen LogP contribution in [0.4, 0.5) is 15.8 Å². The summed E-state index contributed by atoms with van der Waals surface area (Å²) in [5.41, 5.74) is 1.03. The molecule has 0 spiro atoms. The van der Waals surface area contributed by atoms with Crippen molar-refractivity contribution >= 4 is 23.2 Å². The molecule has 0 atom stereocenters. The average Bonchev–Trinajstić information content (AvgIpc) is 3.36. The van der Waals surface area contributed by atoms with Crippen molar-refractivity contribution in [1.29, 1.82) is 0 Å². The molecule has 0 heterocycles. The standard InChI is InChI=1S/C17H15FN2O2/c18-14-9-8-13(10-15(14)20-17(22)12-6-7-12)19-16(21)11-4-2-1-3-5-11/h1-5,8-10,12H,6-7H2,(H,19,21)(H,20,22). The van der Waals surface area contributed by atoms with Gasteiger partial charge in [0, 0.05) is 17.2 Å². The van der Waals surface area contributed by atoms with Gasteiger partial charge in [-0.3, -0.25) is 9.59 Å². The van der Waals surface area contributed by atoms with Crippen molar-refractivity contribution in [2.45, 2.75) is 12.8 Å². The molecule has 5 heteroatoms. The van der Waals surface area contributed by atoms with Crippen LogP contribution in [0.1, 0.15) is 23.2 Å². The van der Waals surface area contributed by atoms with Crippen molar-refractivity contribution < 1.29 is 14.0 Å². The largest absolute Gasteiger partial charge is 0.323 e. The molecule has 1 saturated carbocycles. The molecule has 0 aromatic heterocycles. The lowest BCUT2D eigenvalue weighted by atomic mass is 10.2. The van der Waals surface area contributed by atoms with E-state index in [2.05, 4.69) is 10.6 Å². The monoisotopic (exact) mass is 298 g/mol. The van der Waals surface area contributed by atoms with Gasteiger partial charge in [-0.25, -0.2) is 4.39 Å². The fourth-order valence-corrected chi connectivity index (χ4v) is 2.07. The van der Waals surface area contributed by atoms with Crippen LogP contribution < -0.4 is 10.6 Å². The van der Waals surface area contributed by atoms with Gasteiger partial charge >= 0.3 is 0 Å². The minimum Gasteiger partial charge on any atom is -0.323 e. The number of carbonyl (C=O) groups is 2. The lowest BCUT2D eigenvalue weighted by Gasteiger charge is -2.10. The molecule has 2 aromatic carbocycles. The normalized spacial score (nSPS) is 13.5. The molecule has 2 amide bonds. The molecule has 0 aliphatic heterocycles. The Morgan fingerprint density at radius 3 is 2.41 bits per heavy atom. The van der Waals surface area contributed by atoms with Gasteiger partial charge in [0.1, 0.15) is 5.82 Å². The molecule has 2 N–H and O–H groups in total. The number of amides is 2. The summed E-state index contributed by atoms with van der Waals surface area (Å²) >= 11 is 0. The van der Waals surface area contributed by atoms with E-state index in [1.165, 1.54) is 18.2 Å². The molecule has 0 saturated heterocycles. The quantitative estimate of drug-likeness (QED) is 0.908. The summed E-state index contributed by atoms with van der Waals surface area (Å²) in [4.78, 5) is 23.8. The van der Waals surface area contributed by atoms with Crippen LogP contribution in [0.25, 0.3) is 0 Å². The second-order valence-electron chi connectivity index (χ2n) is 5.28. The Morgan fingerprint density at radius 1 is 1.00 bits per heavy atom. The van der Waals surface area contributed by atoms with Crippen LogP contribution in [0.2, 0.25) is 0 Å². The zero-order chi connectivity index (χ0) is 15.5. The second-order valence-corrected chi connectivity index (χ2v) is 5.28. The molecule has 0 bridgehead atoms. The first-order valence-corrected chi connectivity index (χ1v) is 7.10. The van der Waals surface area contributed by atoms with E-state index in [4.69, 9.17) is 0 Å². The Balaban J connectivity index is 1.74. The van der Waals surface area contributed by atoms with Crippen LogP contribution in [-0.4, -0.2) is 11.8 Å². The van der Waals surface area contributed by atoms with E-state index >= 15 is 0 Å². The highest BCUT2D eigenvalue weighted by Gasteiger charge is 2.30. The Bertz CT molecular complexity index is 712. The number of halogens is 1. The van der Waals surface area contributed by atoms with Gasteiger partial charge in [0.05, 0.1) is 5.69 Å². The van der Waals surface area contributed by atoms with Crippen molar-refractivity contribution in [3.63, 3.8) is 0 Å². The fraction of sp³-hybridized carbons (Fsp3) is 0.176. The van der Waals surface area contributed by atoms with Crippen molar-refractivity contribution in [3.05, 3.63) is 59.9 Å². The van der Waals surface area contributed by atoms with Gasteiger partial charge in [0.2, 0.25) is 5.91 Å². The molecular weight excluding hydrogens is 283 g/mol. The van der Waals surface area contributed by atoms with E-state index < -0.39 is 5.82 Å². The summed E-state index contributed by atoms with van der Waals surface area (Å²) in [5, 5.41) is 5.25. The smallest absolute Gasteiger partial charge is 0.255 e. The minimum absolute atomic E-state index is 0.0121. The van der Waals surface area contributed by atoms with Crippen molar-refractivity contribution in [3.8, 4) is 0 Å². The Hall–Kier alpha value is -2.69. The van der Waals surface area contributed by atoms with Crippen LogP contribution in [-0.2, 0) is 4.79 Å². The SMILES string of the molecule is O=C(Nc1ccc(F)c(NC(=O)C2CC2)c1)c1ccccc1. The molecular formula is C17H15FN2O2. The second kappa shape index (κ2) is 5.97. The van der Waals surface area contributed by atoms with E-state index in [9.17, 15) is 14.0 Å². The highest BCUT2D eigenvalue weighted by atomic mass is 19.1. The molecule has 1 aliphatic rings. The van der Waals surface area contributed by atoms with Crippen LogP contribution in [0.15, 0.2) is 48.5 Å². The minimum atomic E-state index is -0.522. The first-order valence-electron chi connectivity index (χ1n) is 7.10. The summed E-state index contributed by atoms with van der Waals surface area (Å²) < 4.78 is 13.7. The van der Waals surface area contributed by atoms with E-state index in [1.54, 1.807) is 24.3 Å². The highest BCUT2D eigenvalue weighted by molar-refractivity contribution is 6.04. The van der Waals surface area contributed by atoms with Crippen LogP contribution >= 0.6 is 0 Å². The first kappa shape index (κ1) is 14.3. The molecule has 112 valence electrons. The van der Waals surface area contributed by atoms with E-state index in [0.717, 1.165) is 12.8 Å². The van der Waals surface area contributed by atoms with Crippen LogP contribution in [0.3, 0.4) is 0 Å². The number of hydrogen-bond donors (Lipinski definition) is 2. The van der Waals surface area contributed by atoms with Crippen molar-refractivity contribution in [2.75, 3.05) is 10.6 Å². The lowest BCUT2D eigenvalue weighted by molar-refractivity contribution is -0.117. The van der Waals surface area contributed by atoms with Gasteiger partial charge < -0.3 is 10.6 Å². The number of carbonyl (C=O) groups excluding carboxylic acids is 2. The van der Waals surface area contributed by atoms with Gasteiger partial charge in [0.25, 0.3) is 5.91 Å². The van der Waals surface area contributed by atoms with Gasteiger partial charge in [-0.1, -0.05) is 18.2 Å². The maximum atomic E-state index is 13.7. The van der Waals surface area contributed by atoms with Gasteiger partial charge in [-0.05, 0) is 43.2 Å². The van der Waals surface area contributed by atoms with Gasteiger partial charge in [-0.15, -0.1) is 0 Å². The number of rotatable bonds is 4. The molecule has 3 rings (SSSR count). The number of benzene rings is 2. The third-order valence-electron chi connectivity index (χ3n) is 3.47. The lowest BCUT2D eigenvalue weighted by Crippen LogP contribution is -2.15. The molecule has 1 fully saturated rings. The summed E-state index contributed by atoms with van der Waals surface area (Å²) in [7, 11) is 0. The Morgan fingerprint density at radius 2 is 1.73 bits per heavy atom. The Labute approximate surface area is 127 Å². The highest BCUT2D eigenvalue weighted by Crippen LogP contribution is 2.31. The number of nitrogens with one attached hydrogen (secondary N) is 2. The molecule has 0 unspecified atom stereocenters. The third kappa shape index (κ3) is 3.31. The number of anilines is 2. The molecule has 22 heavy (non-hydrogen) atoms. The molecule has 2 aromatic rings. The van der Waals surface area contributed by atoms with Gasteiger partial charge in [0.15, 0.2) is 0 Å². The van der Waals surface area contributed by atoms with E-state index in [0.29, 0.717) is 11.3 Å². The van der Waals surface area contributed by atoms with Crippen molar-refractivity contribution in [2.24, 2.45) is 5.92 Å². The van der Waals surface area contributed by atoms with E-state index in [-0.39, 0.29) is 23.4 Å². The summed E-state index contributed by atoms with van der Waals surface area (Å²) in [6.45, 7) is 0. The molecule has 4 nitrogen and oxygen atoms in total. The summed E-state index contributed by atoms with van der Waals surface area (Å²) in [5.74, 6) is -0.995. The maximum Gasteiger partial charge on any atom is 0.255 e. The predicted octanol–water partition coefficient (Wildman–Crippen LogP) is 3.43. The molecule has 0 radical (unpaired) electrons. The van der Waals surface area contributed by atoms with E-state index in [1.807, 2.05) is 6.07 Å². The summed E-state index contributed by atoms with van der Waals surface area (Å²) in [6, 6.07) is 12.8. The summed E-state index contributed by atoms with van der Waals surface area (Å²) in [6.07, 6.45) is 1.69. The van der Waals surface area contributed by atoms with Crippen LogP contribution in [0, 0.1) is 11.7 Å². The van der Waals surface area contributed by atoms with Gasteiger partial charge in [-0.2, -0.15) is 0 Å². The Kier molecular flexibility index (Phi) is 3.87. The average molecular weight is 298 g/mol. The zero-order valence-electron chi connectivity index (χ0n) is 11.8. The van der Waals surface area contributed by atoms with Crippen molar-refractivity contribution in [1.82, 2.24) is 0 Å². The fourth-order valence-electron chi connectivity index (χ4n) is 2.07. The first-order chi connectivity index (χ1) is 10.6. The predicted molar refractivity (Wildman–Crippen MR) is 82.1 cm³/mol. The number of hydrogen-bond acceptors (Lipinski definition) is 2. The van der Waals surface area contributed by atoms with Crippen LogP contribution in [0.5, 0.6) is 0 Å². The topological polar surface area (TPSA) is 58.2 Å². The zero-order valence-corrected chi connectivity index (χ0v) is 11.8. The molecule has 1 aliphatic carbocycles.